The zero-order chi connectivity index (χ0) is 12.3. The van der Waals surface area contributed by atoms with Crippen LogP contribution < -0.4 is 0 Å². The van der Waals surface area contributed by atoms with Crippen LogP contribution in [0, 0.1) is 0 Å². The predicted molar refractivity (Wildman–Crippen MR) is 69.2 cm³/mol. The lowest BCUT2D eigenvalue weighted by molar-refractivity contribution is -0.136. The second kappa shape index (κ2) is 11.2. The number of allylic oxidation sites excluding steroid dienone is 5. The number of carboxylic acids is 1. The Morgan fingerprint density at radius 1 is 1.40 bits per heavy atom. The van der Waals surface area contributed by atoms with E-state index in [0.717, 1.165) is 10.1 Å². The summed E-state index contributed by atoms with van der Waals surface area (Å²) in [6.07, 6.45) is 6.05. The molecule has 0 unspecified atom stereocenters. The highest BCUT2D eigenvalue weighted by Crippen LogP contribution is 2.21. The van der Waals surface area contributed by atoms with E-state index in [-0.39, 0.29) is 6.42 Å². The summed E-state index contributed by atoms with van der Waals surface area (Å²) in [7, 11) is 0. The van der Waals surface area contributed by atoms with Gasteiger partial charge in [0, 0.05) is 10.9 Å². The van der Waals surface area contributed by atoms with E-state index in [2.05, 4.69) is 22.5 Å². The van der Waals surface area contributed by atoms with Crippen molar-refractivity contribution in [1.82, 2.24) is 0 Å². The molecule has 0 aromatic carbocycles. The van der Waals surface area contributed by atoms with Gasteiger partial charge in [-0.15, -0.1) is 0 Å². The minimum Gasteiger partial charge on any atom is -0.481 e. The summed E-state index contributed by atoms with van der Waals surface area (Å²) < 4.78 is 0.895. The van der Waals surface area contributed by atoms with Crippen LogP contribution in [0.2, 0.25) is 0 Å². The number of carboxylic acid groups (broad SMARTS) is 1. The molecule has 86 valence electrons. The number of aliphatic carboxylic acids is 1. The van der Waals surface area contributed by atoms with Crippen molar-refractivity contribution in [3.8, 4) is 0 Å². The highest BCUT2D eigenvalue weighted by Gasteiger charge is 2.03. The van der Waals surface area contributed by atoms with Gasteiger partial charge in [0.25, 0.3) is 0 Å². The normalized spacial score (nSPS) is 11.5. The first-order valence-electron chi connectivity index (χ1n) is 4.97. The summed E-state index contributed by atoms with van der Waals surface area (Å²) in [6.45, 7) is 9.45. The molecule has 0 saturated carbocycles. The van der Waals surface area contributed by atoms with Crippen molar-refractivity contribution >= 4 is 21.9 Å². The van der Waals surface area contributed by atoms with Crippen LogP contribution in [0.4, 0.5) is 0 Å². The largest absolute Gasteiger partial charge is 0.481 e. The Balaban J connectivity index is 0. The molecule has 0 spiro atoms. The lowest BCUT2D eigenvalue weighted by Gasteiger charge is -2.02. The molecule has 0 saturated heterocycles. The first-order valence-corrected chi connectivity index (χ1v) is 5.76. The summed E-state index contributed by atoms with van der Waals surface area (Å²) >= 11 is 3.34. The maximum atomic E-state index is 10.3. The number of halogens is 1. The molecule has 2 nitrogen and oxygen atoms in total. The van der Waals surface area contributed by atoms with Gasteiger partial charge in [-0.05, 0) is 25.0 Å². The Kier molecular flexibility index (Phi) is 12.4. The van der Waals surface area contributed by atoms with Crippen LogP contribution in [0.5, 0.6) is 0 Å². The second-order valence-electron chi connectivity index (χ2n) is 2.46. The molecular formula is C12H19BrO2. The fourth-order valence-electron chi connectivity index (χ4n) is 0.854. The van der Waals surface area contributed by atoms with Gasteiger partial charge in [-0.3, -0.25) is 4.79 Å². The van der Waals surface area contributed by atoms with Crippen LogP contribution in [0.25, 0.3) is 0 Å². The zero-order valence-corrected chi connectivity index (χ0v) is 11.2. The average molecular weight is 275 g/mol. The number of rotatable bonds is 5. The molecular weight excluding hydrogens is 256 g/mol. The van der Waals surface area contributed by atoms with Crippen molar-refractivity contribution in [3.05, 3.63) is 34.9 Å². The fourth-order valence-corrected chi connectivity index (χ4v) is 1.47. The van der Waals surface area contributed by atoms with Crippen LogP contribution in [-0.2, 0) is 4.79 Å². The Bertz CT molecular complexity index is 252. The van der Waals surface area contributed by atoms with Gasteiger partial charge < -0.3 is 5.11 Å². The predicted octanol–water partition coefficient (Wildman–Crippen LogP) is 4.29. The van der Waals surface area contributed by atoms with Crippen LogP contribution >= 0.6 is 15.9 Å². The Morgan fingerprint density at radius 3 is 2.27 bits per heavy atom. The first kappa shape index (κ1) is 16.6. The molecule has 3 heteroatoms. The lowest BCUT2D eigenvalue weighted by Crippen LogP contribution is -1.95. The number of hydrogen-bond acceptors (Lipinski definition) is 1. The lowest BCUT2D eigenvalue weighted by atomic mass is 10.1. The summed E-state index contributed by atoms with van der Waals surface area (Å²) in [5.41, 5.74) is 0.988. The van der Waals surface area contributed by atoms with Crippen molar-refractivity contribution in [2.75, 3.05) is 0 Å². The van der Waals surface area contributed by atoms with E-state index >= 15 is 0 Å². The van der Waals surface area contributed by atoms with Crippen molar-refractivity contribution in [2.24, 2.45) is 0 Å². The minimum atomic E-state index is -0.779. The maximum absolute atomic E-state index is 10.3. The van der Waals surface area contributed by atoms with Gasteiger partial charge in [-0.2, -0.15) is 0 Å². The van der Waals surface area contributed by atoms with Crippen molar-refractivity contribution in [3.63, 3.8) is 0 Å². The third-order valence-corrected chi connectivity index (χ3v) is 2.30. The molecule has 0 bridgehead atoms. The molecule has 0 aliphatic carbocycles. The van der Waals surface area contributed by atoms with Gasteiger partial charge in [0.05, 0.1) is 0 Å². The molecule has 0 heterocycles. The van der Waals surface area contributed by atoms with Gasteiger partial charge in [-0.25, -0.2) is 0 Å². The fraction of sp³-hybridized carbons (Fsp3) is 0.417. The van der Waals surface area contributed by atoms with Crippen LogP contribution in [-0.4, -0.2) is 11.1 Å². The summed E-state index contributed by atoms with van der Waals surface area (Å²) in [6, 6.07) is 0. The summed E-state index contributed by atoms with van der Waals surface area (Å²) in [5.74, 6) is -0.779. The Morgan fingerprint density at radius 2 is 1.93 bits per heavy atom. The Labute approximate surface area is 101 Å². The molecule has 15 heavy (non-hydrogen) atoms. The topological polar surface area (TPSA) is 37.3 Å². The standard InChI is InChI=1S/C10H13BrO2.C2H6/c1-3-5-9(11)8(4-2)6-7-10(12)13;1-2/h3-5H,1,6-7H2,2H3,(H,12,13);1-2H3/b8-4-,9-5+;. The Hall–Kier alpha value is -0.830. The summed E-state index contributed by atoms with van der Waals surface area (Å²) in [5, 5.41) is 8.49. The molecule has 1 N–H and O–H groups in total. The first-order chi connectivity index (χ1) is 7.11. The van der Waals surface area contributed by atoms with E-state index in [4.69, 9.17) is 5.11 Å². The molecule has 0 atom stereocenters. The van der Waals surface area contributed by atoms with Crippen molar-refractivity contribution in [2.45, 2.75) is 33.6 Å². The van der Waals surface area contributed by atoms with E-state index in [1.54, 1.807) is 12.2 Å². The molecule has 0 fully saturated rings. The quantitative estimate of drug-likeness (QED) is 0.760. The minimum absolute atomic E-state index is 0.153. The van der Waals surface area contributed by atoms with Gasteiger partial charge >= 0.3 is 5.97 Å². The third kappa shape index (κ3) is 9.47. The molecule has 0 aliphatic heterocycles. The van der Waals surface area contributed by atoms with E-state index in [9.17, 15) is 4.79 Å². The van der Waals surface area contributed by atoms with Crippen LogP contribution in [0.3, 0.4) is 0 Å². The van der Waals surface area contributed by atoms with Gasteiger partial charge in [-0.1, -0.05) is 48.5 Å². The third-order valence-electron chi connectivity index (χ3n) is 1.53. The smallest absolute Gasteiger partial charge is 0.303 e. The van der Waals surface area contributed by atoms with Crippen molar-refractivity contribution < 1.29 is 9.90 Å². The van der Waals surface area contributed by atoms with Gasteiger partial charge in [0.15, 0.2) is 0 Å². The second-order valence-corrected chi connectivity index (χ2v) is 3.31. The molecule has 0 radical (unpaired) electrons. The molecule has 0 aromatic rings. The van der Waals surface area contributed by atoms with Crippen molar-refractivity contribution in [1.29, 1.82) is 0 Å². The SMILES string of the molecule is C=C/C=C(Br)\C(=C/C)CCC(=O)O.CC. The highest BCUT2D eigenvalue weighted by molar-refractivity contribution is 9.12. The summed E-state index contributed by atoms with van der Waals surface area (Å²) in [4.78, 5) is 10.3. The van der Waals surface area contributed by atoms with E-state index < -0.39 is 5.97 Å². The average Bonchev–Trinajstić information content (AvgIpc) is 2.21. The molecule has 0 rings (SSSR count). The molecule has 0 amide bonds. The zero-order valence-electron chi connectivity index (χ0n) is 9.59. The highest BCUT2D eigenvalue weighted by atomic mass is 79.9. The van der Waals surface area contributed by atoms with Crippen LogP contribution in [0.15, 0.2) is 34.9 Å². The molecule has 0 aliphatic rings. The molecule has 0 aromatic heterocycles. The van der Waals surface area contributed by atoms with Gasteiger partial charge in [0.1, 0.15) is 0 Å². The monoisotopic (exact) mass is 274 g/mol. The number of hydrogen-bond donors (Lipinski definition) is 1. The van der Waals surface area contributed by atoms with Gasteiger partial charge in [0.2, 0.25) is 0 Å². The van der Waals surface area contributed by atoms with E-state index in [1.807, 2.05) is 26.8 Å². The maximum Gasteiger partial charge on any atom is 0.303 e. The number of carbonyl (C=O) groups is 1. The van der Waals surface area contributed by atoms with E-state index in [0.29, 0.717) is 6.42 Å². The van der Waals surface area contributed by atoms with Crippen LogP contribution in [0.1, 0.15) is 33.6 Å². The van der Waals surface area contributed by atoms with E-state index in [1.165, 1.54) is 0 Å².